The van der Waals surface area contributed by atoms with Crippen LogP contribution in [0, 0.1) is 0 Å². The Bertz CT molecular complexity index is 1100. The van der Waals surface area contributed by atoms with E-state index in [0.717, 1.165) is 17.0 Å². The lowest BCUT2D eigenvalue weighted by atomic mass is 10.0. The fourth-order valence-electron chi connectivity index (χ4n) is 2.31. The van der Waals surface area contributed by atoms with Gasteiger partial charge in [-0.25, -0.2) is 4.79 Å². The van der Waals surface area contributed by atoms with Crippen molar-refractivity contribution in [3.05, 3.63) is 77.9 Å². The maximum absolute atomic E-state index is 10.8. The fourth-order valence-corrected chi connectivity index (χ4v) is 2.31. The molecule has 8 nitrogen and oxygen atoms in total. The van der Waals surface area contributed by atoms with E-state index in [2.05, 4.69) is 34.8 Å². The topological polar surface area (TPSA) is 136 Å². The van der Waals surface area contributed by atoms with Crippen LogP contribution in [-0.2, 0) is 10.4 Å². The van der Waals surface area contributed by atoms with E-state index in [0.29, 0.717) is 0 Å². The minimum absolute atomic E-state index is 0.255. The van der Waals surface area contributed by atoms with Crippen LogP contribution in [0.3, 0.4) is 0 Å². The highest BCUT2D eigenvalue weighted by atomic mass is 32.3. The van der Waals surface area contributed by atoms with E-state index in [1.807, 2.05) is 25.1 Å². The molecule has 146 valence electrons. The molecule has 4 N–H and O–H groups in total. The van der Waals surface area contributed by atoms with Gasteiger partial charge in [-0.3, -0.25) is 14.5 Å². The van der Waals surface area contributed by atoms with Crippen LogP contribution in [0.5, 0.6) is 0 Å². The van der Waals surface area contributed by atoms with Crippen LogP contribution in [0.4, 0.5) is 5.69 Å². The van der Waals surface area contributed by atoms with Gasteiger partial charge in [-0.15, -0.1) is 0 Å². The normalized spacial score (nSPS) is 11.5. The number of aromatic carboxylic acids is 1. The van der Waals surface area contributed by atoms with E-state index in [4.69, 9.17) is 22.6 Å². The van der Waals surface area contributed by atoms with Crippen molar-refractivity contribution in [1.29, 1.82) is 0 Å². The molecular formula is C19H18N2O6S. The standard InChI is InChI=1S/C19H16N2O2.H2O4S/c1-13(16-7-6-14-4-2-3-5-17(14)12-16)20-21-18-10-8-15(9-11-18)19(22)23;1-5(2,3)4/h2-12,21H,1H3,(H,22,23);(H2,1,2,3,4). The van der Waals surface area contributed by atoms with Crippen LogP contribution in [0.15, 0.2) is 71.8 Å². The van der Waals surface area contributed by atoms with Gasteiger partial charge in [0.1, 0.15) is 0 Å². The Labute approximate surface area is 161 Å². The molecule has 0 spiro atoms. The molecule has 0 heterocycles. The first-order chi connectivity index (χ1) is 13.1. The molecule has 0 aliphatic carbocycles. The predicted molar refractivity (Wildman–Crippen MR) is 107 cm³/mol. The molecule has 0 radical (unpaired) electrons. The third-order valence-electron chi connectivity index (χ3n) is 3.65. The summed E-state index contributed by atoms with van der Waals surface area (Å²) in [4.78, 5) is 10.8. The molecule has 28 heavy (non-hydrogen) atoms. The average Bonchev–Trinajstić information content (AvgIpc) is 2.64. The third-order valence-corrected chi connectivity index (χ3v) is 3.65. The summed E-state index contributed by atoms with van der Waals surface area (Å²) in [5.74, 6) is -0.938. The smallest absolute Gasteiger partial charge is 0.394 e. The first kappa shape index (κ1) is 21.0. The number of hydrazone groups is 1. The minimum atomic E-state index is -4.67. The zero-order valence-electron chi connectivity index (χ0n) is 14.8. The largest absolute Gasteiger partial charge is 0.478 e. The average molecular weight is 402 g/mol. The summed E-state index contributed by atoms with van der Waals surface area (Å²) < 4.78 is 31.6. The van der Waals surface area contributed by atoms with Gasteiger partial charge in [0.15, 0.2) is 0 Å². The summed E-state index contributed by atoms with van der Waals surface area (Å²) in [6.07, 6.45) is 0. The van der Waals surface area contributed by atoms with Crippen molar-refractivity contribution in [2.24, 2.45) is 5.10 Å². The number of nitrogens with zero attached hydrogens (tertiary/aromatic N) is 1. The zero-order chi connectivity index (χ0) is 20.7. The molecule has 3 aromatic carbocycles. The summed E-state index contributed by atoms with van der Waals surface area (Å²) in [6.45, 7) is 1.93. The van der Waals surface area contributed by atoms with E-state index in [1.54, 1.807) is 24.3 Å². The summed E-state index contributed by atoms with van der Waals surface area (Å²) >= 11 is 0. The van der Waals surface area contributed by atoms with E-state index in [-0.39, 0.29) is 5.56 Å². The van der Waals surface area contributed by atoms with E-state index in [9.17, 15) is 4.79 Å². The lowest BCUT2D eigenvalue weighted by Crippen LogP contribution is -2.00. The molecule has 0 saturated heterocycles. The van der Waals surface area contributed by atoms with Gasteiger partial charge in [0.2, 0.25) is 0 Å². The van der Waals surface area contributed by atoms with Gasteiger partial charge >= 0.3 is 16.4 Å². The van der Waals surface area contributed by atoms with Crippen molar-refractivity contribution >= 4 is 38.5 Å². The zero-order valence-corrected chi connectivity index (χ0v) is 15.6. The molecule has 0 bridgehead atoms. The van der Waals surface area contributed by atoms with Gasteiger partial charge in [-0.2, -0.15) is 13.5 Å². The molecule has 3 aromatic rings. The first-order valence-electron chi connectivity index (χ1n) is 7.96. The highest BCUT2D eigenvalue weighted by Crippen LogP contribution is 2.16. The van der Waals surface area contributed by atoms with Crippen LogP contribution in [-0.4, -0.2) is 34.3 Å². The predicted octanol–water partition coefficient (Wildman–Crippen LogP) is 3.72. The highest BCUT2D eigenvalue weighted by Gasteiger charge is 2.02. The lowest BCUT2D eigenvalue weighted by molar-refractivity contribution is 0.0697. The molecule has 0 aliphatic heterocycles. The molecule has 0 fully saturated rings. The van der Waals surface area contributed by atoms with Crippen LogP contribution in [0.25, 0.3) is 10.8 Å². The molecule has 3 rings (SSSR count). The number of fused-ring (bicyclic) bond motifs is 1. The monoisotopic (exact) mass is 402 g/mol. The molecule has 9 heteroatoms. The number of benzene rings is 3. The number of carboxylic acids is 1. The minimum Gasteiger partial charge on any atom is -0.478 e. The Morgan fingerprint density at radius 2 is 1.43 bits per heavy atom. The Morgan fingerprint density at radius 1 is 0.893 bits per heavy atom. The maximum Gasteiger partial charge on any atom is 0.394 e. The second kappa shape index (κ2) is 9.09. The van der Waals surface area contributed by atoms with Crippen LogP contribution in [0.2, 0.25) is 0 Å². The number of nitrogens with one attached hydrogen (secondary N) is 1. The van der Waals surface area contributed by atoms with Crippen molar-refractivity contribution in [3.63, 3.8) is 0 Å². The second-order valence-electron chi connectivity index (χ2n) is 5.70. The molecule has 0 unspecified atom stereocenters. The van der Waals surface area contributed by atoms with Gasteiger partial charge < -0.3 is 5.11 Å². The van der Waals surface area contributed by atoms with Gasteiger partial charge in [-0.05, 0) is 53.6 Å². The molecule has 0 aromatic heterocycles. The Kier molecular flexibility index (Phi) is 6.83. The first-order valence-corrected chi connectivity index (χ1v) is 9.36. The highest BCUT2D eigenvalue weighted by molar-refractivity contribution is 7.79. The van der Waals surface area contributed by atoms with Crippen molar-refractivity contribution < 1.29 is 27.4 Å². The van der Waals surface area contributed by atoms with E-state index in [1.165, 1.54) is 10.8 Å². The Morgan fingerprint density at radius 3 is 2.00 bits per heavy atom. The van der Waals surface area contributed by atoms with Crippen molar-refractivity contribution in [2.45, 2.75) is 6.92 Å². The number of carboxylic acid groups (broad SMARTS) is 1. The molecule has 0 atom stereocenters. The molecule has 0 saturated carbocycles. The third kappa shape index (κ3) is 6.80. The van der Waals surface area contributed by atoms with Crippen LogP contribution in [0.1, 0.15) is 22.8 Å². The summed E-state index contributed by atoms with van der Waals surface area (Å²) in [5.41, 5.74) is 5.85. The maximum atomic E-state index is 10.8. The molecule has 0 amide bonds. The summed E-state index contributed by atoms with van der Waals surface area (Å²) in [5, 5.41) is 15.6. The second-order valence-corrected chi connectivity index (χ2v) is 6.60. The number of rotatable bonds is 4. The van der Waals surface area contributed by atoms with Gasteiger partial charge in [-0.1, -0.05) is 36.4 Å². The van der Waals surface area contributed by atoms with Crippen LogP contribution >= 0.6 is 0 Å². The SMILES string of the molecule is CC(=NNc1ccc(C(=O)O)cc1)c1ccc2ccccc2c1.O=S(=O)(O)O. The van der Waals surface area contributed by atoms with E-state index >= 15 is 0 Å². The number of anilines is 1. The van der Waals surface area contributed by atoms with Crippen molar-refractivity contribution in [3.8, 4) is 0 Å². The summed E-state index contributed by atoms with van der Waals surface area (Å²) in [7, 11) is -4.67. The van der Waals surface area contributed by atoms with Crippen LogP contribution < -0.4 is 5.43 Å². The quantitative estimate of drug-likeness (QED) is 0.296. The summed E-state index contributed by atoms with van der Waals surface area (Å²) in [6, 6.07) is 20.9. The Hall–Kier alpha value is -3.27. The van der Waals surface area contributed by atoms with Crippen molar-refractivity contribution in [1.82, 2.24) is 0 Å². The van der Waals surface area contributed by atoms with E-state index < -0.39 is 16.4 Å². The van der Waals surface area contributed by atoms with Gasteiger partial charge in [0, 0.05) is 0 Å². The lowest BCUT2D eigenvalue weighted by Gasteiger charge is -2.05. The fraction of sp³-hybridized carbons (Fsp3) is 0.0526. The van der Waals surface area contributed by atoms with Gasteiger partial charge in [0.05, 0.1) is 17.0 Å². The van der Waals surface area contributed by atoms with Crippen molar-refractivity contribution in [2.75, 3.05) is 5.43 Å². The number of hydrogen-bond acceptors (Lipinski definition) is 5. The molecule has 0 aliphatic rings. The number of carbonyl (C=O) groups is 1. The van der Waals surface area contributed by atoms with Gasteiger partial charge in [0.25, 0.3) is 0 Å². The molecular weight excluding hydrogens is 384 g/mol. The Balaban J connectivity index is 0.000000500. The number of hydrogen-bond donors (Lipinski definition) is 4.